The summed E-state index contributed by atoms with van der Waals surface area (Å²) in [6.07, 6.45) is 0. The molecular formula is C20H20FN3OS. The van der Waals surface area contributed by atoms with E-state index in [1.165, 1.54) is 17.0 Å². The third-order valence-electron chi connectivity index (χ3n) is 4.82. The van der Waals surface area contributed by atoms with Gasteiger partial charge in [0.05, 0.1) is 16.8 Å². The van der Waals surface area contributed by atoms with Crippen LogP contribution in [-0.2, 0) is 6.54 Å². The summed E-state index contributed by atoms with van der Waals surface area (Å²) in [5.74, 6) is -0.303. The van der Waals surface area contributed by atoms with Gasteiger partial charge in [-0.3, -0.25) is 14.7 Å². The van der Waals surface area contributed by atoms with Crippen LogP contribution in [-0.4, -0.2) is 46.9 Å². The van der Waals surface area contributed by atoms with E-state index in [1.54, 1.807) is 17.4 Å². The normalized spacial score (nSPS) is 15.5. The van der Waals surface area contributed by atoms with Gasteiger partial charge in [-0.1, -0.05) is 6.07 Å². The summed E-state index contributed by atoms with van der Waals surface area (Å²) in [7, 11) is 0. The Morgan fingerprint density at radius 2 is 2.00 bits per heavy atom. The number of hydrogen-bond donors (Lipinski definition) is 0. The van der Waals surface area contributed by atoms with E-state index >= 15 is 0 Å². The van der Waals surface area contributed by atoms with E-state index in [0.29, 0.717) is 29.9 Å². The van der Waals surface area contributed by atoms with Crippen LogP contribution in [0.5, 0.6) is 0 Å². The van der Waals surface area contributed by atoms with Gasteiger partial charge < -0.3 is 4.90 Å². The molecule has 1 saturated heterocycles. The van der Waals surface area contributed by atoms with Crippen molar-refractivity contribution in [3.8, 4) is 0 Å². The maximum atomic E-state index is 13.4. The van der Waals surface area contributed by atoms with Crippen molar-refractivity contribution in [1.82, 2.24) is 14.8 Å². The Morgan fingerprint density at radius 3 is 2.73 bits per heavy atom. The summed E-state index contributed by atoms with van der Waals surface area (Å²) in [4.78, 5) is 23.0. The SMILES string of the molecule is Cc1nc2cc(F)ccc2cc1C(=O)N1CCN(Cc2cccs2)CC1. The second-order valence-corrected chi connectivity index (χ2v) is 7.64. The zero-order chi connectivity index (χ0) is 18.1. The number of aromatic nitrogens is 1. The van der Waals surface area contributed by atoms with Gasteiger partial charge in [-0.2, -0.15) is 0 Å². The predicted molar refractivity (Wildman–Crippen MR) is 102 cm³/mol. The lowest BCUT2D eigenvalue weighted by molar-refractivity contribution is 0.0628. The van der Waals surface area contributed by atoms with Crippen molar-refractivity contribution in [1.29, 1.82) is 0 Å². The molecule has 4 rings (SSSR count). The average Bonchev–Trinajstić information content (AvgIpc) is 3.14. The molecule has 1 aliphatic rings. The maximum Gasteiger partial charge on any atom is 0.255 e. The van der Waals surface area contributed by atoms with E-state index in [4.69, 9.17) is 0 Å². The van der Waals surface area contributed by atoms with E-state index < -0.39 is 0 Å². The first-order valence-electron chi connectivity index (χ1n) is 8.71. The van der Waals surface area contributed by atoms with Crippen molar-refractivity contribution < 1.29 is 9.18 Å². The third-order valence-corrected chi connectivity index (χ3v) is 5.68. The van der Waals surface area contributed by atoms with Crippen LogP contribution in [0.1, 0.15) is 20.9 Å². The highest BCUT2D eigenvalue weighted by Crippen LogP contribution is 2.20. The Morgan fingerprint density at radius 1 is 1.19 bits per heavy atom. The molecule has 0 bridgehead atoms. The highest BCUT2D eigenvalue weighted by molar-refractivity contribution is 7.09. The smallest absolute Gasteiger partial charge is 0.255 e. The number of benzene rings is 1. The molecule has 1 amide bonds. The van der Waals surface area contributed by atoms with Crippen LogP contribution < -0.4 is 0 Å². The van der Waals surface area contributed by atoms with Gasteiger partial charge >= 0.3 is 0 Å². The lowest BCUT2D eigenvalue weighted by atomic mass is 10.1. The standard InChI is InChI=1S/C20H20FN3OS/c1-14-18(11-15-4-5-16(21)12-19(15)22-14)20(25)24-8-6-23(7-9-24)13-17-3-2-10-26-17/h2-5,10-12H,6-9,13H2,1H3. The van der Waals surface area contributed by atoms with E-state index in [0.717, 1.165) is 25.0 Å². The van der Waals surface area contributed by atoms with Gasteiger partial charge in [-0.15, -0.1) is 11.3 Å². The quantitative estimate of drug-likeness (QED) is 0.706. The maximum absolute atomic E-state index is 13.4. The lowest BCUT2D eigenvalue weighted by Crippen LogP contribution is -2.48. The van der Waals surface area contributed by atoms with E-state index in [-0.39, 0.29) is 11.7 Å². The van der Waals surface area contributed by atoms with Crippen LogP contribution in [0, 0.1) is 12.7 Å². The van der Waals surface area contributed by atoms with Gasteiger partial charge in [0.15, 0.2) is 0 Å². The van der Waals surface area contributed by atoms with Crippen molar-refractivity contribution in [2.24, 2.45) is 0 Å². The number of aryl methyl sites for hydroxylation is 1. The topological polar surface area (TPSA) is 36.4 Å². The first kappa shape index (κ1) is 17.1. The number of halogens is 1. The molecule has 3 aromatic rings. The van der Waals surface area contributed by atoms with Crippen LogP contribution >= 0.6 is 11.3 Å². The van der Waals surface area contributed by atoms with Gasteiger partial charge in [-0.25, -0.2) is 4.39 Å². The molecule has 0 aliphatic carbocycles. The molecule has 3 heterocycles. The number of rotatable bonds is 3. The fraction of sp³-hybridized carbons (Fsp3) is 0.300. The van der Waals surface area contributed by atoms with E-state index in [9.17, 15) is 9.18 Å². The summed E-state index contributed by atoms with van der Waals surface area (Å²) >= 11 is 1.77. The van der Waals surface area contributed by atoms with Gasteiger partial charge in [0, 0.05) is 49.1 Å². The summed E-state index contributed by atoms with van der Waals surface area (Å²) in [5, 5.41) is 2.88. The fourth-order valence-corrected chi connectivity index (χ4v) is 4.10. The Bertz CT molecular complexity index is 934. The summed E-state index contributed by atoms with van der Waals surface area (Å²) in [6.45, 7) is 5.92. The number of amides is 1. The molecule has 0 spiro atoms. The van der Waals surface area contributed by atoms with Crippen molar-refractivity contribution in [2.75, 3.05) is 26.2 Å². The Kier molecular flexibility index (Phi) is 4.70. The molecule has 2 aromatic heterocycles. The zero-order valence-corrected chi connectivity index (χ0v) is 15.4. The molecule has 6 heteroatoms. The predicted octanol–water partition coefficient (Wildman–Crippen LogP) is 3.70. The molecule has 0 N–H and O–H groups in total. The van der Waals surface area contributed by atoms with E-state index in [2.05, 4.69) is 27.4 Å². The molecule has 0 atom stereocenters. The van der Waals surface area contributed by atoms with Gasteiger partial charge in [0.2, 0.25) is 0 Å². The highest BCUT2D eigenvalue weighted by atomic mass is 32.1. The van der Waals surface area contributed by atoms with Crippen molar-refractivity contribution in [3.05, 3.63) is 63.7 Å². The monoisotopic (exact) mass is 369 g/mol. The Hall–Kier alpha value is -2.31. The number of carbonyl (C=O) groups excluding carboxylic acids is 1. The number of piperazine rings is 1. The molecule has 0 radical (unpaired) electrons. The molecule has 1 fully saturated rings. The number of carbonyl (C=O) groups is 1. The Balaban J connectivity index is 1.47. The number of thiophene rings is 1. The number of nitrogens with zero attached hydrogens (tertiary/aromatic N) is 3. The van der Waals surface area contributed by atoms with Crippen LogP contribution in [0.3, 0.4) is 0 Å². The van der Waals surface area contributed by atoms with Crippen LogP contribution in [0.15, 0.2) is 41.8 Å². The second kappa shape index (κ2) is 7.13. The number of fused-ring (bicyclic) bond motifs is 1. The van der Waals surface area contributed by atoms with Crippen LogP contribution in [0.4, 0.5) is 4.39 Å². The fourth-order valence-electron chi connectivity index (χ4n) is 3.36. The van der Waals surface area contributed by atoms with Gasteiger partial charge in [0.25, 0.3) is 5.91 Å². The Labute approximate surface area is 155 Å². The average molecular weight is 369 g/mol. The molecule has 0 unspecified atom stereocenters. The van der Waals surface area contributed by atoms with E-state index in [1.807, 2.05) is 17.9 Å². The molecule has 134 valence electrons. The minimum Gasteiger partial charge on any atom is -0.336 e. The lowest BCUT2D eigenvalue weighted by Gasteiger charge is -2.34. The molecule has 4 nitrogen and oxygen atoms in total. The summed E-state index contributed by atoms with van der Waals surface area (Å²) in [6, 6.07) is 10.5. The zero-order valence-electron chi connectivity index (χ0n) is 14.6. The third kappa shape index (κ3) is 3.48. The number of hydrogen-bond acceptors (Lipinski definition) is 4. The molecule has 26 heavy (non-hydrogen) atoms. The minimum atomic E-state index is -0.315. The van der Waals surface area contributed by atoms with Gasteiger partial charge in [-0.05, 0) is 36.6 Å². The number of pyridine rings is 1. The molecule has 1 aromatic carbocycles. The molecule has 1 aliphatic heterocycles. The van der Waals surface area contributed by atoms with Gasteiger partial charge in [0.1, 0.15) is 5.82 Å². The van der Waals surface area contributed by atoms with Crippen molar-refractivity contribution in [2.45, 2.75) is 13.5 Å². The second-order valence-electron chi connectivity index (χ2n) is 6.61. The minimum absolute atomic E-state index is 0.0111. The highest BCUT2D eigenvalue weighted by Gasteiger charge is 2.24. The molecule has 0 saturated carbocycles. The first-order chi connectivity index (χ1) is 12.6. The van der Waals surface area contributed by atoms with Crippen LogP contribution in [0.2, 0.25) is 0 Å². The first-order valence-corrected chi connectivity index (χ1v) is 9.59. The van der Waals surface area contributed by atoms with Crippen molar-refractivity contribution in [3.63, 3.8) is 0 Å². The largest absolute Gasteiger partial charge is 0.336 e. The summed E-state index contributed by atoms with van der Waals surface area (Å²) < 4.78 is 13.4. The summed E-state index contributed by atoms with van der Waals surface area (Å²) in [5.41, 5.74) is 1.84. The molecular weight excluding hydrogens is 349 g/mol. The van der Waals surface area contributed by atoms with Crippen molar-refractivity contribution >= 4 is 28.1 Å². The van der Waals surface area contributed by atoms with Crippen LogP contribution in [0.25, 0.3) is 10.9 Å².